The number of rotatable bonds is 7. The monoisotopic (exact) mass is 271 g/mol. The lowest BCUT2D eigenvalue weighted by molar-refractivity contribution is 0.118. The van der Waals surface area contributed by atoms with Gasteiger partial charge in [0, 0.05) is 6.54 Å². The molecule has 4 nitrogen and oxygen atoms in total. The van der Waals surface area contributed by atoms with Gasteiger partial charge in [0.25, 0.3) is 0 Å². The van der Waals surface area contributed by atoms with Gasteiger partial charge in [0.1, 0.15) is 0 Å². The molecule has 102 valence electrons. The topological polar surface area (TPSA) is 66.4 Å². The second-order valence-corrected chi connectivity index (χ2v) is 6.35. The Morgan fingerprint density at radius 3 is 2.44 bits per heavy atom. The lowest BCUT2D eigenvalue weighted by Gasteiger charge is -2.17. The normalized spacial score (nSPS) is 15.3. The number of hydrogen-bond donors (Lipinski definition) is 2. The van der Waals surface area contributed by atoms with Crippen LogP contribution in [0, 0.1) is 5.92 Å². The van der Waals surface area contributed by atoms with E-state index in [1.54, 1.807) is 24.3 Å². The van der Waals surface area contributed by atoms with E-state index < -0.39 is 16.1 Å². The van der Waals surface area contributed by atoms with Crippen molar-refractivity contribution in [2.45, 2.75) is 32.1 Å². The van der Waals surface area contributed by atoms with E-state index in [1.807, 2.05) is 19.9 Å². The maximum absolute atomic E-state index is 11.8. The molecule has 18 heavy (non-hydrogen) atoms. The third kappa shape index (κ3) is 5.16. The van der Waals surface area contributed by atoms with E-state index in [4.69, 9.17) is 0 Å². The van der Waals surface area contributed by atoms with Crippen LogP contribution in [0.2, 0.25) is 0 Å². The van der Waals surface area contributed by atoms with Gasteiger partial charge in [-0.2, -0.15) is 0 Å². The Balaban J connectivity index is 2.51. The summed E-state index contributed by atoms with van der Waals surface area (Å²) in [5.74, 6) is 0.0329. The molecule has 0 bridgehead atoms. The van der Waals surface area contributed by atoms with E-state index >= 15 is 0 Å². The molecular weight excluding hydrogens is 250 g/mol. The minimum absolute atomic E-state index is 0.0545. The largest absolute Gasteiger partial charge is 0.391 e. The molecule has 2 N–H and O–H groups in total. The van der Waals surface area contributed by atoms with Crippen LogP contribution in [0.5, 0.6) is 0 Å². The maximum Gasteiger partial charge on any atom is 0.215 e. The molecule has 0 fully saturated rings. The van der Waals surface area contributed by atoms with E-state index in [2.05, 4.69) is 4.72 Å². The summed E-state index contributed by atoms with van der Waals surface area (Å²) in [6.07, 6.45) is 0.183. The van der Waals surface area contributed by atoms with Crippen LogP contribution < -0.4 is 4.72 Å². The molecule has 0 heterocycles. The van der Waals surface area contributed by atoms with Crippen molar-refractivity contribution in [3.8, 4) is 0 Å². The molecule has 0 aromatic heterocycles. The summed E-state index contributed by atoms with van der Waals surface area (Å²) >= 11 is 0. The lowest BCUT2D eigenvalue weighted by Crippen LogP contribution is -2.35. The Morgan fingerprint density at radius 1 is 1.28 bits per heavy atom. The van der Waals surface area contributed by atoms with E-state index in [-0.39, 0.29) is 18.2 Å². The highest BCUT2D eigenvalue weighted by Gasteiger charge is 2.17. The molecule has 0 saturated heterocycles. The minimum Gasteiger partial charge on any atom is -0.391 e. The number of aliphatic hydroxyl groups is 1. The van der Waals surface area contributed by atoms with Gasteiger partial charge in [-0.1, -0.05) is 50.6 Å². The smallest absolute Gasteiger partial charge is 0.215 e. The van der Waals surface area contributed by atoms with Crippen LogP contribution in [-0.4, -0.2) is 26.2 Å². The molecule has 0 amide bonds. The van der Waals surface area contributed by atoms with Crippen LogP contribution in [0.15, 0.2) is 30.3 Å². The molecule has 2 unspecified atom stereocenters. The van der Waals surface area contributed by atoms with Crippen molar-refractivity contribution < 1.29 is 13.5 Å². The Morgan fingerprint density at radius 2 is 1.89 bits per heavy atom. The fourth-order valence-electron chi connectivity index (χ4n) is 1.53. The van der Waals surface area contributed by atoms with Crippen LogP contribution in [0.3, 0.4) is 0 Å². The van der Waals surface area contributed by atoms with Crippen molar-refractivity contribution in [2.24, 2.45) is 5.92 Å². The molecule has 1 aromatic carbocycles. The summed E-state index contributed by atoms with van der Waals surface area (Å²) in [5, 5.41) is 9.72. The third-order valence-electron chi connectivity index (χ3n) is 3.01. The van der Waals surface area contributed by atoms with Gasteiger partial charge in [0.2, 0.25) is 10.0 Å². The molecule has 0 aliphatic heterocycles. The first kappa shape index (κ1) is 15.1. The zero-order valence-corrected chi connectivity index (χ0v) is 11.7. The van der Waals surface area contributed by atoms with Gasteiger partial charge in [0.05, 0.1) is 11.9 Å². The average molecular weight is 271 g/mol. The average Bonchev–Trinajstić information content (AvgIpc) is 2.35. The Hall–Kier alpha value is -0.910. The highest BCUT2D eigenvalue weighted by molar-refractivity contribution is 7.88. The number of nitrogens with one attached hydrogen (secondary N) is 1. The maximum atomic E-state index is 11.8. The minimum atomic E-state index is -3.38. The number of benzene rings is 1. The van der Waals surface area contributed by atoms with Crippen molar-refractivity contribution in [3.05, 3.63) is 35.9 Å². The Kier molecular flexibility index (Phi) is 5.78. The van der Waals surface area contributed by atoms with Crippen LogP contribution in [0.1, 0.15) is 25.8 Å². The summed E-state index contributed by atoms with van der Waals surface area (Å²) in [6, 6.07) is 8.99. The molecule has 0 radical (unpaired) electrons. The summed E-state index contributed by atoms with van der Waals surface area (Å²) in [4.78, 5) is 0. The summed E-state index contributed by atoms with van der Waals surface area (Å²) in [6.45, 7) is 3.94. The van der Waals surface area contributed by atoms with Crippen LogP contribution in [0.25, 0.3) is 0 Å². The number of aliphatic hydroxyl groups excluding tert-OH is 1. The third-order valence-corrected chi connectivity index (χ3v) is 4.33. The first-order chi connectivity index (χ1) is 8.44. The van der Waals surface area contributed by atoms with Crippen molar-refractivity contribution >= 4 is 10.0 Å². The van der Waals surface area contributed by atoms with Crippen LogP contribution in [-0.2, 0) is 15.8 Å². The molecule has 0 aliphatic rings. The van der Waals surface area contributed by atoms with Crippen molar-refractivity contribution in [2.75, 3.05) is 6.54 Å². The van der Waals surface area contributed by atoms with E-state index in [1.165, 1.54) is 0 Å². The summed E-state index contributed by atoms with van der Waals surface area (Å²) < 4.78 is 26.0. The number of hydrogen-bond acceptors (Lipinski definition) is 3. The van der Waals surface area contributed by atoms with Crippen LogP contribution in [0.4, 0.5) is 0 Å². The predicted molar refractivity (Wildman–Crippen MR) is 72.5 cm³/mol. The van der Waals surface area contributed by atoms with Gasteiger partial charge in [-0.25, -0.2) is 13.1 Å². The fraction of sp³-hybridized carbons (Fsp3) is 0.538. The van der Waals surface area contributed by atoms with Gasteiger partial charge < -0.3 is 5.11 Å². The first-order valence-electron chi connectivity index (χ1n) is 6.14. The molecule has 0 saturated carbocycles. The predicted octanol–water partition coefficient (Wildman–Crippen LogP) is 1.51. The molecule has 0 spiro atoms. The summed E-state index contributed by atoms with van der Waals surface area (Å²) in [5.41, 5.74) is 0.739. The fourth-order valence-corrected chi connectivity index (χ4v) is 2.69. The zero-order valence-electron chi connectivity index (χ0n) is 10.8. The molecule has 2 atom stereocenters. The van der Waals surface area contributed by atoms with E-state index in [9.17, 15) is 13.5 Å². The van der Waals surface area contributed by atoms with Gasteiger partial charge in [-0.15, -0.1) is 0 Å². The zero-order chi connectivity index (χ0) is 13.6. The molecule has 0 aliphatic carbocycles. The standard InChI is InChI=1S/C13H21NO3S/c1-3-11(2)13(15)9-14-18(16,17)10-12-7-5-4-6-8-12/h4-8,11,13-15H,3,9-10H2,1-2H3. The molecule has 1 rings (SSSR count). The van der Waals surface area contributed by atoms with Gasteiger partial charge in [0.15, 0.2) is 0 Å². The highest BCUT2D eigenvalue weighted by atomic mass is 32.2. The van der Waals surface area contributed by atoms with Crippen LogP contribution >= 0.6 is 0 Å². The lowest BCUT2D eigenvalue weighted by atomic mass is 10.0. The van der Waals surface area contributed by atoms with Gasteiger partial charge >= 0.3 is 0 Å². The van der Waals surface area contributed by atoms with Crippen molar-refractivity contribution in [1.29, 1.82) is 0 Å². The van der Waals surface area contributed by atoms with Crippen molar-refractivity contribution in [1.82, 2.24) is 4.72 Å². The number of sulfonamides is 1. The molecule has 5 heteroatoms. The Labute approximate surface area is 109 Å². The molecule has 1 aromatic rings. The van der Waals surface area contributed by atoms with Crippen molar-refractivity contribution in [3.63, 3.8) is 0 Å². The first-order valence-corrected chi connectivity index (χ1v) is 7.79. The SMILES string of the molecule is CCC(C)C(O)CNS(=O)(=O)Cc1ccccc1. The van der Waals surface area contributed by atoms with E-state index in [0.717, 1.165) is 12.0 Å². The second-order valence-electron chi connectivity index (χ2n) is 4.55. The highest BCUT2D eigenvalue weighted by Crippen LogP contribution is 2.08. The van der Waals surface area contributed by atoms with Gasteiger partial charge in [-0.05, 0) is 11.5 Å². The quantitative estimate of drug-likeness (QED) is 0.790. The summed E-state index contributed by atoms with van der Waals surface area (Å²) in [7, 11) is -3.38. The van der Waals surface area contributed by atoms with E-state index in [0.29, 0.717) is 0 Å². The molecular formula is C13H21NO3S. The Bertz CT molecular complexity index is 445. The second kappa shape index (κ2) is 6.87. The van der Waals surface area contributed by atoms with Gasteiger partial charge in [-0.3, -0.25) is 0 Å².